The van der Waals surface area contributed by atoms with Gasteiger partial charge in [0, 0.05) is 79.0 Å². The average Bonchev–Trinajstić information content (AvgIpc) is 1.41. The van der Waals surface area contributed by atoms with Gasteiger partial charge in [0.15, 0.2) is 23.3 Å². The topological polar surface area (TPSA) is 149 Å². The Labute approximate surface area is 707 Å². The molecule has 0 aliphatic rings. The Morgan fingerprint density at radius 2 is 0.427 bits per heavy atom. The zero-order chi connectivity index (χ0) is 81.5. The first kappa shape index (κ1) is 70.0. The monoisotopic (exact) mass is 1580 g/mol. The van der Waals surface area contributed by atoms with Crippen LogP contribution in [-0.2, 0) is 0 Å². The highest BCUT2D eigenvalue weighted by molar-refractivity contribution is 6.29. The highest BCUT2D eigenvalue weighted by Gasteiger charge is 2.25. The Hall–Kier alpha value is -17.1. The molecule has 0 aliphatic heterocycles. The van der Waals surface area contributed by atoms with Gasteiger partial charge in [-0.25, -0.2) is 9.97 Å². The smallest absolute Gasteiger partial charge is 0.238 e. The van der Waals surface area contributed by atoms with Crippen LogP contribution in [0.1, 0.15) is 0 Å². The van der Waals surface area contributed by atoms with E-state index in [1.165, 1.54) is 114 Å². The predicted octanol–water partition coefficient (Wildman–Crippen LogP) is 26.6. The molecule has 0 spiro atoms. The van der Waals surface area contributed by atoms with Crippen molar-refractivity contribution in [2.45, 2.75) is 0 Å². The lowest BCUT2D eigenvalue weighted by molar-refractivity contribution is 0.943. The molecule has 10 aromatic heterocycles. The molecule has 26 rings (SSSR count). The largest absolute Gasteiger partial charge is 0.309 e. The van der Waals surface area contributed by atoms with Gasteiger partial charge in [-0.15, -0.1) is 0 Å². The predicted molar refractivity (Wildman–Crippen MR) is 506 cm³/mol. The van der Waals surface area contributed by atoms with E-state index in [1.54, 1.807) is 24.8 Å². The maximum atomic E-state index is 5.04. The number of benzene rings is 16. The first-order valence-electron chi connectivity index (χ1n) is 41.5. The zero-order valence-electron chi connectivity index (χ0n) is 66.4. The fourth-order valence-electron chi connectivity index (χ4n) is 19.1. The third-order valence-electron chi connectivity index (χ3n) is 24.6. The van der Waals surface area contributed by atoms with E-state index in [2.05, 4.69) is 342 Å². The van der Waals surface area contributed by atoms with Gasteiger partial charge >= 0.3 is 0 Å². The Balaban J connectivity index is 0.000000136. The van der Waals surface area contributed by atoms with Gasteiger partial charge in [-0.1, -0.05) is 237 Å². The summed E-state index contributed by atoms with van der Waals surface area (Å²) >= 11 is 0. The van der Waals surface area contributed by atoms with Crippen molar-refractivity contribution >= 4 is 152 Å². The minimum Gasteiger partial charge on any atom is -0.309 e. The second-order valence-corrected chi connectivity index (χ2v) is 31.4. The first-order chi connectivity index (χ1) is 61.5. The molecule has 124 heavy (non-hydrogen) atoms. The number of nitrogens with zero attached hydrogens (tertiary/aromatic N) is 14. The fourth-order valence-corrected chi connectivity index (χ4v) is 19.1. The van der Waals surface area contributed by atoms with Crippen molar-refractivity contribution in [3.05, 3.63) is 401 Å². The molecule has 0 saturated carbocycles. The first-order valence-corrected chi connectivity index (χ1v) is 41.5. The number of aromatic nitrogens is 14. The maximum Gasteiger partial charge on any atom is 0.238 e. The number of hydrogen-bond donors (Lipinski definition) is 0. The molecule has 0 amide bonds. The van der Waals surface area contributed by atoms with E-state index in [4.69, 9.17) is 29.9 Å². The van der Waals surface area contributed by atoms with Gasteiger partial charge in [0.2, 0.25) is 11.9 Å². The van der Waals surface area contributed by atoms with Gasteiger partial charge in [-0.05, 0) is 221 Å². The normalized spacial score (nSPS) is 11.9. The highest BCUT2D eigenvalue weighted by atomic mass is 15.2. The Kier molecular flexibility index (Phi) is 16.0. The molecule has 0 bridgehead atoms. The summed E-state index contributed by atoms with van der Waals surface area (Å²) in [7, 11) is 0. The summed E-state index contributed by atoms with van der Waals surface area (Å²) in [4.78, 5) is 48.2. The van der Waals surface area contributed by atoms with Crippen LogP contribution in [0, 0.1) is 0 Å². The van der Waals surface area contributed by atoms with Crippen molar-refractivity contribution in [3.63, 3.8) is 0 Å². The van der Waals surface area contributed by atoms with E-state index in [9.17, 15) is 0 Å². The van der Waals surface area contributed by atoms with E-state index in [1.807, 2.05) is 72.8 Å². The molecule has 26 aromatic rings. The number of rotatable bonds is 10. The molecule has 0 N–H and O–H groups in total. The van der Waals surface area contributed by atoms with Gasteiger partial charge in [-0.3, -0.25) is 29.1 Å². The van der Waals surface area contributed by atoms with Crippen LogP contribution in [0.15, 0.2) is 401 Å². The number of pyridine rings is 4. The Morgan fingerprint density at radius 1 is 0.161 bits per heavy atom. The van der Waals surface area contributed by atoms with Crippen LogP contribution >= 0.6 is 0 Å². The van der Waals surface area contributed by atoms with Gasteiger partial charge < -0.3 is 9.13 Å². The second kappa shape index (κ2) is 28.3. The molecule has 10 heterocycles. The standard InChI is InChI=1S/2C55H33N7/c1-2-15-38-36(14-1)37-16-3-4-19-41(37)52-42(38)20-13-25-51(52)61-47-23-7-5-17-39(47)43-32-34(26-28-49(43)61)35-27-29-50-44(33-35)40-18-6-8-24-48(40)62(50)55-59-53(45-21-9-11-30-56-45)58-54(60-55)46-22-10-12-31-57-46;1-2-15-39-37(13-1)38-14-3-4-16-40(38)44-33-36(25-26-41(39)44)61-49-21-7-5-17-42(49)45-31-34(23-27-51(45)61)35-24-28-52-46(32-35)43-18-6-8-22-50(43)62(52)55-59-53(47-19-9-11-29-56-47)58-54(60-55)48-20-10-12-30-57-48/h2*1-33H. The fraction of sp³-hybridized carbons (Fsp3) is 0. The van der Waals surface area contributed by atoms with E-state index in [0.29, 0.717) is 58.0 Å². The second-order valence-electron chi connectivity index (χ2n) is 31.4. The summed E-state index contributed by atoms with van der Waals surface area (Å²) in [6.45, 7) is 0. The van der Waals surface area contributed by atoms with Crippen LogP contribution in [0.25, 0.3) is 243 Å². The van der Waals surface area contributed by atoms with Crippen LogP contribution in [0.2, 0.25) is 0 Å². The number of hydrogen-bond acceptors (Lipinski definition) is 10. The molecule has 0 saturated heterocycles. The van der Waals surface area contributed by atoms with Crippen molar-refractivity contribution in [1.82, 2.24) is 68.1 Å². The summed E-state index contributed by atoms with van der Waals surface area (Å²) in [5.41, 5.74) is 18.2. The molecule has 576 valence electrons. The summed E-state index contributed by atoms with van der Waals surface area (Å²) in [6.07, 6.45) is 7.01. The van der Waals surface area contributed by atoms with E-state index < -0.39 is 0 Å². The molecule has 0 unspecified atom stereocenters. The van der Waals surface area contributed by atoms with Crippen LogP contribution in [0.3, 0.4) is 0 Å². The minimum atomic E-state index is 0.483. The summed E-state index contributed by atoms with van der Waals surface area (Å²) < 4.78 is 9.13. The Bertz CT molecular complexity index is 8630. The SMILES string of the molecule is c1ccc(-c2nc(-c3ccccn3)nc(-n3c4ccccc4c4cc(-c5ccc6c(c5)c5ccccc5n6-c5ccc6c7ccccc7c7ccccc7c6c5)ccc43)n2)nc1.c1ccc(-c2nc(-c3ccccn3)nc(-n3c4ccccc4c4cc(-c5ccc6c(c5)c5ccccc5n6-c5cccc6c7ccccc7c7ccccc7c56)ccc43)n2)nc1. The third-order valence-corrected chi connectivity index (χ3v) is 24.6. The van der Waals surface area contributed by atoms with E-state index >= 15 is 0 Å². The molecule has 0 aliphatic carbocycles. The summed E-state index contributed by atoms with van der Waals surface area (Å²) in [6, 6.07) is 133. The van der Waals surface area contributed by atoms with Crippen molar-refractivity contribution in [2.75, 3.05) is 0 Å². The molecule has 0 radical (unpaired) electrons. The average molecular weight is 1580 g/mol. The van der Waals surface area contributed by atoms with E-state index in [0.717, 1.165) is 71.6 Å². The van der Waals surface area contributed by atoms with Crippen molar-refractivity contribution < 1.29 is 0 Å². The molecule has 14 nitrogen and oxygen atoms in total. The van der Waals surface area contributed by atoms with Crippen LogP contribution in [0.4, 0.5) is 0 Å². The maximum absolute atomic E-state index is 5.04. The number of fused-ring (bicyclic) bond motifs is 24. The number of para-hydroxylation sites is 4. The van der Waals surface area contributed by atoms with E-state index in [-0.39, 0.29) is 0 Å². The molecule has 0 fully saturated rings. The van der Waals surface area contributed by atoms with Gasteiger partial charge in [-0.2, -0.15) is 19.9 Å². The Morgan fingerprint density at radius 3 is 0.782 bits per heavy atom. The van der Waals surface area contributed by atoms with Crippen LogP contribution < -0.4 is 0 Å². The quantitative estimate of drug-likeness (QED) is 0.121. The third kappa shape index (κ3) is 11.2. The lowest BCUT2D eigenvalue weighted by atomic mass is 9.93. The molecular formula is C110H66N14. The lowest BCUT2D eigenvalue weighted by Gasteiger charge is -2.16. The van der Waals surface area contributed by atoms with Crippen molar-refractivity contribution in [3.8, 4) is 91.6 Å². The molecular weight excluding hydrogens is 1520 g/mol. The molecule has 0 atom stereocenters. The van der Waals surface area contributed by atoms with Gasteiger partial charge in [0.05, 0.1) is 49.8 Å². The lowest BCUT2D eigenvalue weighted by Crippen LogP contribution is -2.07. The molecule has 14 heteroatoms. The van der Waals surface area contributed by atoms with Gasteiger partial charge in [0.25, 0.3) is 0 Å². The summed E-state index contributed by atoms with van der Waals surface area (Å²) in [5.74, 6) is 2.94. The minimum absolute atomic E-state index is 0.483. The highest BCUT2D eigenvalue weighted by Crippen LogP contribution is 2.46. The zero-order valence-corrected chi connectivity index (χ0v) is 66.4. The van der Waals surface area contributed by atoms with Gasteiger partial charge in [0.1, 0.15) is 22.8 Å². The van der Waals surface area contributed by atoms with Crippen molar-refractivity contribution in [1.29, 1.82) is 0 Å². The summed E-state index contributed by atoms with van der Waals surface area (Å²) in [5, 5.41) is 24.5. The van der Waals surface area contributed by atoms with Crippen LogP contribution in [0.5, 0.6) is 0 Å². The van der Waals surface area contributed by atoms with Crippen molar-refractivity contribution in [2.24, 2.45) is 0 Å². The molecule has 16 aromatic carbocycles. The van der Waals surface area contributed by atoms with Crippen LogP contribution in [-0.4, -0.2) is 68.1 Å².